The van der Waals surface area contributed by atoms with Crippen molar-refractivity contribution in [3.8, 4) is 0 Å². The van der Waals surface area contributed by atoms with Gasteiger partial charge in [-0.1, -0.05) is 92.1 Å². The Kier molecular flexibility index (Phi) is 6.00. The quantitative estimate of drug-likeness (QED) is 0.404. The predicted molar refractivity (Wildman–Crippen MR) is 136 cm³/mol. The van der Waals surface area contributed by atoms with Gasteiger partial charge < -0.3 is 0 Å². The van der Waals surface area contributed by atoms with Gasteiger partial charge in [0.25, 0.3) is 0 Å². The molecule has 2 atom stereocenters. The Hall–Kier alpha value is -1.41. The summed E-state index contributed by atoms with van der Waals surface area (Å²) in [6, 6.07) is 8.83. The maximum absolute atomic E-state index is 6.91. The Morgan fingerprint density at radius 1 is 0.967 bits per heavy atom. The summed E-state index contributed by atoms with van der Waals surface area (Å²) in [5.74, 6) is 1.22. The van der Waals surface area contributed by atoms with Crippen LogP contribution in [0.4, 0.5) is 0 Å². The fraction of sp³-hybridized carbons (Fsp3) is 0.370. The monoisotopic (exact) mass is 452 g/mol. The average Bonchev–Trinajstić information content (AvgIpc) is 3.12. The molecule has 0 radical (unpaired) electrons. The molecule has 3 aliphatic rings. The highest BCUT2D eigenvalue weighted by Crippen LogP contribution is 2.52. The summed E-state index contributed by atoms with van der Waals surface area (Å²) < 4.78 is 0. The number of hydrogen-bond donors (Lipinski definition) is 0. The molecule has 0 saturated heterocycles. The van der Waals surface area contributed by atoms with E-state index in [1.54, 1.807) is 0 Å². The third-order valence-corrected chi connectivity index (χ3v) is 9.14. The Morgan fingerprint density at radius 2 is 1.67 bits per heavy atom. The maximum atomic E-state index is 6.91. The minimum Gasteiger partial charge on any atom is -0.0828 e. The van der Waals surface area contributed by atoms with Gasteiger partial charge in [-0.05, 0) is 70.9 Å². The molecule has 0 nitrogen and oxygen atoms in total. The number of benzene rings is 1. The topological polar surface area (TPSA) is 0 Å². The molecule has 1 aromatic carbocycles. The van der Waals surface area contributed by atoms with Crippen LogP contribution in [0, 0.1) is 11.8 Å². The molecule has 1 aromatic rings. The van der Waals surface area contributed by atoms with Crippen LogP contribution in [0.15, 0.2) is 74.3 Å². The fourth-order valence-electron chi connectivity index (χ4n) is 5.41. The van der Waals surface area contributed by atoms with Gasteiger partial charge in [-0.3, -0.25) is 0 Å². The highest BCUT2D eigenvalue weighted by Gasteiger charge is 2.38. The predicted octanol–water partition coefficient (Wildman–Crippen LogP) is 8.24. The van der Waals surface area contributed by atoms with E-state index >= 15 is 0 Å². The summed E-state index contributed by atoms with van der Waals surface area (Å²) >= 11 is 13.7. The molecule has 30 heavy (non-hydrogen) atoms. The van der Waals surface area contributed by atoms with E-state index in [1.807, 2.05) is 0 Å². The van der Waals surface area contributed by atoms with Crippen LogP contribution in [-0.2, 0) is 0 Å². The van der Waals surface area contributed by atoms with Crippen molar-refractivity contribution in [2.75, 3.05) is 0 Å². The number of rotatable bonds is 3. The van der Waals surface area contributed by atoms with Crippen LogP contribution in [0.3, 0.4) is 0 Å². The minimum absolute atomic E-state index is 0.314. The van der Waals surface area contributed by atoms with Crippen LogP contribution in [-0.4, -0.2) is 13.6 Å². The van der Waals surface area contributed by atoms with Crippen molar-refractivity contribution in [1.29, 1.82) is 0 Å². The van der Waals surface area contributed by atoms with Gasteiger partial charge in [-0.2, -0.15) is 0 Å². The van der Waals surface area contributed by atoms with Gasteiger partial charge in [0.2, 0.25) is 0 Å². The molecule has 0 aromatic heterocycles. The number of fused-ring (bicyclic) bond motifs is 2. The molecule has 0 spiro atoms. The molecule has 2 unspecified atom stereocenters. The van der Waals surface area contributed by atoms with Gasteiger partial charge >= 0.3 is 0 Å². The zero-order valence-corrected chi connectivity index (χ0v) is 21.2. The molecule has 0 bridgehead atoms. The molecule has 3 aliphatic carbocycles. The molecule has 0 amide bonds. The normalized spacial score (nSPS) is 23.4. The van der Waals surface area contributed by atoms with E-state index in [9.17, 15) is 0 Å². The first-order valence-electron chi connectivity index (χ1n) is 10.9. The largest absolute Gasteiger partial charge is 0.0828 e. The Bertz CT molecular complexity index is 1100. The standard InChI is InChI=1S/C27H30Cl2Si/c1-15(2)11-21-25-19(14-22(28)26(29)27(21)30(5)6)13-17(4)24(25)23-16(3)12-18-9-7-8-10-20(18)23/h7-10,12-15,21,23H,11H2,1-6H3. The van der Waals surface area contributed by atoms with Crippen LogP contribution in [0.25, 0.3) is 6.08 Å². The lowest BCUT2D eigenvalue weighted by atomic mass is 9.78. The Morgan fingerprint density at radius 3 is 2.33 bits per heavy atom. The molecule has 0 aliphatic heterocycles. The van der Waals surface area contributed by atoms with Gasteiger partial charge in [0, 0.05) is 20.2 Å². The van der Waals surface area contributed by atoms with Crippen molar-refractivity contribution in [3.63, 3.8) is 0 Å². The third-order valence-electron chi connectivity index (χ3n) is 6.50. The second-order valence-corrected chi connectivity index (χ2v) is 12.8. The number of allylic oxidation sites excluding steroid dienone is 9. The highest BCUT2D eigenvalue weighted by molar-refractivity contribution is 6.77. The summed E-state index contributed by atoms with van der Waals surface area (Å²) in [6.45, 7) is 13.9. The fourth-order valence-corrected chi connectivity index (χ4v) is 8.00. The van der Waals surface area contributed by atoms with Crippen molar-refractivity contribution in [2.24, 2.45) is 11.8 Å². The second-order valence-electron chi connectivity index (χ2n) is 9.46. The van der Waals surface area contributed by atoms with E-state index in [0.717, 1.165) is 11.5 Å². The zero-order chi connectivity index (χ0) is 21.7. The van der Waals surface area contributed by atoms with Crippen LogP contribution in [0.1, 0.15) is 51.2 Å². The van der Waals surface area contributed by atoms with Crippen molar-refractivity contribution >= 4 is 42.9 Å². The molecular formula is C27H30Cl2Si. The minimum atomic E-state index is -0.770. The molecular weight excluding hydrogens is 423 g/mol. The smallest absolute Gasteiger partial charge is 0.0597 e. The maximum Gasteiger partial charge on any atom is 0.0597 e. The summed E-state index contributed by atoms with van der Waals surface area (Å²) in [5.41, 5.74) is 9.75. The lowest BCUT2D eigenvalue weighted by molar-refractivity contribution is 0.539. The van der Waals surface area contributed by atoms with Gasteiger partial charge in [0.15, 0.2) is 0 Å². The zero-order valence-electron chi connectivity index (χ0n) is 18.7. The number of hydrogen-bond acceptors (Lipinski definition) is 0. The number of halogens is 2. The first-order valence-corrected chi connectivity index (χ1v) is 14.1. The van der Waals surface area contributed by atoms with Crippen LogP contribution < -0.4 is 0 Å². The van der Waals surface area contributed by atoms with Crippen LogP contribution >= 0.6 is 23.2 Å². The second kappa shape index (κ2) is 8.26. The summed E-state index contributed by atoms with van der Waals surface area (Å²) in [5, 5.41) is 2.87. The van der Waals surface area contributed by atoms with Crippen molar-refractivity contribution in [3.05, 3.63) is 85.5 Å². The Labute approximate surface area is 192 Å². The molecule has 0 N–H and O–H groups in total. The Balaban J connectivity index is 2.01. The van der Waals surface area contributed by atoms with Crippen molar-refractivity contribution in [1.82, 2.24) is 0 Å². The van der Waals surface area contributed by atoms with Crippen LogP contribution in [0.2, 0.25) is 13.1 Å². The summed E-state index contributed by atoms with van der Waals surface area (Å²) in [6.07, 6.45) is 7.90. The third kappa shape index (κ3) is 3.59. The lowest BCUT2D eigenvalue weighted by Gasteiger charge is -2.29. The van der Waals surface area contributed by atoms with E-state index < -0.39 is 8.41 Å². The SMILES string of the molecule is CC1=CC2=CC(Cl)=C(Cl)C(=[Si](C)C)C(CC(C)C)C2=C1C1C(C)=Cc2ccccc21. The average molecular weight is 454 g/mol. The van der Waals surface area contributed by atoms with E-state index in [-0.39, 0.29) is 0 Å². The highest BCUT2D eigenvalue weighted by atomic mass is 35.5. The van der Waals surface area contributed by atoms with E-state index in [0.29, 0.717) is 22.8 Å². The summed E-state index contributed by atoms with van der Waals surface area (Å²) in [4.78, 5) is 0. The first kappa shape index (κ1) is 21.8. The molecule has 3 heteroatoms. The van der Waals surface area contributed by atoms with Gasteiger partial charge in [-0.15, -0.1) is 0 Å². The summed E-state index contributed by atoms with van der Waals surface area (Å²) in [7, 11) is -0.770. The molecule has 156 valence electrons. The van der Waals surface area contributed by atoms with Crippen LogP contribution in [0.5, 0.6) is 0 Å². The van der Waals surface area contributed by atoms with Gasteiger partial charge in [-0.25, -0.2) is 0 Å². The van der Waals surface area contributed by atoms with E-state index in [4.69, 9.17) is 23.2 Å². The van der Waals surface area contributed by atoms with Gasteiger partial charge in [0.1, 0.15) is 0 Å². The molecule has 0 saturated carbocycles. The molecule has 4 rings (SSSR count). The van der Waals surface area contributed by atoms with E-state index in [2.05, 4.69) is 83.3 Å². The molecule has 0 heterocycles. The lowest BCUT2D eigenvalue weighted by Crippen LogP contribution is -2.26. The molecule has 0 fully saturated rings. The van der Waals surface area contributed by atoms with Crippen molar-refractivity contribution < 1.29 is 0 Å². The first-order chi connectivity index (χ1) is 14.2. The van der Waals surface area contributed by atoms with E-state index in [1.165, 1.54) is 44.2 Å². The van der Waals surface area contributed by atoms with Gasteiger partial charge in [0.05, 0.1) is 10.1 Å². The van der Waals surface area contributed by atoms with Crippen molar-refractivity contribution in [2.45, 2.75) is 53.1 Å².